The van der Waals surface area contributed by atoms with E-state index in [1.807, 2.05) is 0 Å². The summed E-state index contributed by atoms with van der Waals surface area (Å²) in [5, 5.41) is 0. The molecule has 1 aliphatic heterocycles. The fraction of sp³-hybridized carbons (Fsp3) is 0.429. The molecule has 0 aromatic carbocycles. The number of amides is 2. The Kier molecular flexibility index (Phi) is 2.78. The first kappa shape index (κ1) is 10.6. The zero-order valence-electron chi connectivity index (χ0n) is 6.87. The number of carbonyl (C=O) groups excluding carboxylic acids is 2. The number of nitrogens with zero attached hydrogens (tertiary/aromatic N) is 1. The van der Waals surface area contributed by atoms with Gasteiger partial charge >= 0.3 is 12.3 Å². The van der Waals surface area contributed by atoms with E-state index in [1.165, 1.54) is 0 Å². The Labute approximate surface area is 76.9 Å². The number of cyclic esters (lactones) is 1. The number of halogens is 3. The number of imide groups is 1. The molecule has 14 heavy (non-hydrogen) atoms. The standard InChI is InChI=1S/C7H6F3NO3/c8-7(9,10)2-1-5(12)11-3-4-14-6(11)13/h1-2H,3-4H2. The fourth-order valence-electron chi connectivity index (χ4n) is 0.849. The first-order valence-corrected chi connectivity index (χ1v) is 3.64. The number of hydrogen-bond donors (Lipinski definition) is 0. The molecule has 0 radical (unpaired) electrons. The zero-order valence-corrected chi connectivity index (χ0v) is 6.87. The lowest BCUT2D eigenvalue weighted by atomic mass is 10.4. The summed E-state index contributed by atoms with van der Waals surface area (Å²) in [4.78, 5) is 22.2. The van der Waals surface area contributed by atoms with Gasteiger partial charge in [-0.25, -0.2) is 9.69 Å². The van der Waals surface area contributed by atoms with Gasteiger partial charge in [-0.05, 0) is 0 Å². The summed E-state index contributed by atoms with van der Waals surface area (Å²) in [6, 6.07) is 0. The molecule has 7 heteroatoms. The highest BCUT2D eigenvalue weighted by Crippen LogP contribution is 2.16. The minimum absolute atomic E-state index is 0.0140. The lowest BCUT2D eigenvalue weighted by Crippen LogP contribution is -2.30. The maximum atomic E-state index is 11.6. The van der Waals surface area contributed by atoms with Crippen LogP contribution < -0.4 is 0 Å². The van der Waals surface area contributed by atoms with Gasteiger partial charge in [-0.3, -0.25) is 4.79 Å². The minimum Gasteiger partial charge on any atom is -0.447 e. The predicted molar refractivity (Wildman–Crippen MR) is 38.3 cm³/mol. The van der Waals surface area contributed by atoms with E-state index < -0.39 is 18.2 Å². The first-order chi connectivity index (χ1) is 6.40. The van der Waals surface area contributed by atoms with Crippen LogP contribution in [0.15, 0.2) is 12.2 Å². The van der Waals surface area contributed by atoms with Gasteiger partial charge in [0, 0.05) is 12.2 Å². The van der Waals surface area contributed by atoms with Crippen LogP contribution in [0.25, 0.3) is 0 Å². The van der Waals surface area contributed by atoms with Gasteiger partial charge < -0.3 is 4.74 Å². The third-order valence-corrected chi connectivity index (χ3v) is 1.44. The Balaban J connectivity index is 2.58. The van der Waals surface area contributed by atoms with Crippen molar-refractivity contribution in [3.05, 3.63) is 12.2 Å². The normalized spacial score (nSPS) is 17.6. The summed E-state index contributed by atoms with van der Waals surface area (Å²) in [6.45, 7) is 0.00426. The Morgan fingerprint density at radius 2 is 2.14 bits per heavy atom. The molecular formula is C7H6F3NO3. The van der Waals surface area contributed by atoms with E-state index in [9.17, 15) is 22.8 Å². The largest absolute Gasteiger partial charge is 0.447 e. The monoisotopic (exact) mass is 209 g/mol. The average molecular weight is 209 g/mol. The number of allylic oxidation sites excluding steroid dienone is 1. The van der Waals surface area contributed by atoms with Crippen molar-refractivity contribution in [2.24, 2.45) is 0 Å². The lowest BCUT2D eigenvalue weighted by Gasteiger charge is -2.06. The van der Waals surface area contributed by atoms with Gasteiger partial charge in [0.15, 0.2) is 0 Å². The van der Waals surface area contributed by atoms with Gasteiger partial charge in [0.1, 0.15) is 6.61 Å². The van der Waals surface area contributed by atoms with Gasteiger partial charge in [-0.1, -0.05) is 0 Å². The van der Waals surface area contributed by atoms with Crippen molar-refractivity contribution in [3.63, 3.8) is 0 Å². The third-order valence-electron chi connectivity index (χ3n) is 1.44. The van der Waals surface area contributed by atoms with Crippen LogP contribution in [-0.4, -0.2) is 36.2 Å². The number of carbonyl (C=O) groups is 2. The molecule has 0 atom stereocenters. The van der Waals surface area contributed by atoms with Crippen LogP contribution in [0.1, 0.15) is 0 Å². The number of rotatable bonds is 1. The van der Waals surface area contributed by atoms with Crippen LogP contribution in [0.4, 0.5) is 18.0 Å². The average Bonchev–Trinajstić information content (AvgIpc) is 2.46. The lowest BCUT2D eigenvalue weighted by molar-refractivity contribution is -0.123. The quantitative estimate of drug-likeness (QED) is 0.607. The van der Waals surface area contributed by atoms with Crippen molar-refractivity contribution >= 4 is 12.0 Å². The van der Waals surface area contributed by atoms with E-state index in [-0.39, 0.29) is 19.2 Å². The number of ether oxygens (including phenoxy) is 1. The highest BCUT2D eigenvalue weighted by atomic mass is 19.4. The molecule has 0 aromatic rings. The smallest absolute Gasteiger partial charge is 0.416 e. The molecule has 2 amide bonds. The molecule has 4 nitrogen and oxygen atoms in total. The highest BCUT2D eigenvalue weighted by Gasteiger charge is 2.28. The van der Waals surface area contributed by atoms with Gasteiger partial charge in [-0.15, -0.1) is 0 Å². The van der Waals surface area contributed by atoms with Crippen molar-refractivity contribution in [1.29, 1.82) is 0 Å². The summed E-state index contributed by atoms with van der Waals surface area (Å²) < 4.78 is 39.2. The molecule has 0 saturated carbocycles. The topological polar surface area (TPSA) is 46.6 Å². The Bertz CT molecular complexity index is 284. The molecule has 1 rings (SSSR count). The first-order valence-electron chi connectivity index (χ1n) is 3.64. The summed E-state index contributed by atoms with van der Waals surface area (Å²) in [6.07, 6.45) is -5.39. The Morgan fingerprint density at radius 1 is 1.50 bits per heavy atom. The Morgan fingerprint density at radius 3 is 2.57 bits per heavy atom. The van der Waals surface area contributed by atoms with E-state index in [2.05, 4.69) is 4.74 Å². The van der Waals surface area contributed by atoms with E-state index >= 15 is 0 Å². The summed E-state index contributed by atoms with van der Waals surface area (Å²) >= 11 is 0. The molecule has 1 heterocycles. The predicted octanol–water partition coefficient (Wildman–Crippen LogP) is 1.08. The second-order valence-electron chi connectivity index (χ2n) is 2.48. The molecule has 0 aliphatic carbocycles. The molecule has 0 unspecified atom stereocenters. The third kappa shape index (κ3) is 2.75. The van der Waals surface area contributed by atoms with E-state index in [0.29, 0.717) is 11.0 Å². The van der Waals surface area contributed by atoms with Crippen LogP contribution >= 0.6 is 0 Å². The SMILES string of the molecule is O=C(C=CC(F)(F)F)N1CCOC1=O. The van der Waals surface area contributed by atoms with Gasteiger partial charge in [0.05, 0.1) is 6.54 Å². The van der Waals surface area contributed by atoms with Crippen LogP contribution in [0.2, 0.25) is 0 Å². The van der Waals surface area contributed by atoms with Crippen molar-refractivity contribution in [2.75, 3.05) is 13.2 Å². The molecule has 0 bridgehead atoms. The molecule has 0 aromatic heterocycles. The molecule has 1 fully saturated rings. The van der Waals surface area contributed by atoms with E-state index in [0.717, 1.165) is 0 Å². The molecule has 1 aliphatic rings. The molecular weight excluding hydrogens is 203 g/mol. The summed E-state index contributed by atoms with van der Waals surface area (Å²) in [7, 11) is 0. The minimum atomic E-state index is -4.56. The van der Waals surface area contributed by atoms with E-state index in [1.54, 1.807) is 0 Å². The van der Waals surface area contributed by atoms with Crippen molar-refractivity contribution in [1.82, 2.24) is 4.90 Å². The fourth-order valence-corrected chi connectivity index (χ4v) is 0.849. The van der Waals surface area contributed by atoms with Gasteiger partial charge in [0.25, 0.3) is 5.91 Å². The maximum absolute atomic E-state index is 11.6. The van der Waals surface area contributed by atoms with E-state index in [4.69, 9.17) is 0 Å². The van der Waals surface area contributed by atoms with Crippen LogP contribution in [0.3, 0.4) is 0 Å². The number of alkyl halides is 3. The molecule has 0 spiro atoms. The van der Waals surface area contributed by atoms with Crippen LogP contribution in [0.5, 0.6) is 0 Å². The van der Waals surface area contributed by atoms with Gasteiger partial charge in [-0.2, -0.15) is 13.2 Å². The summed E-state index contributed by atoms with van der Waals surface area (Å²) in [5.74, 6) is -1.02. The molecule has 78 valence electrons. The van der Waals surface area contributed by atoms with Crippen LogP contribution in [0, 0.1) is 0 Å². The molecule has 0 N–H and O–H groups in total. The van der Waals surface area contributed by atoms with Crippen molar-refractivity contribution < 1.29 is 27.5 Å². The van der Waals surface area contributed by atoms with Gasteiger partial charge in [0.2, 0.25) is 0 Å². The zero-order chi connectivity index (χ0) is 10.8. The maximum Gasteiger partial charge on any atom is 0.416 e. The second-order valence-corrected chi connectivity index (χ2v) is 2.48. The summed E-state index contributed by atoms with van der Waals surface area (Å²) in [5.41, 5.74) is 0. The Hall–Kier alpha value is -1.53. The molecule has 1 saturated heterocycles. The van der Waals surface area contributed by atoms with Crippen LogP contribution in [-0.2, 0) is 9.53 Å². The van der Waals surface area contributed by atoms with Crippen molar-refractivity contribution in [2.45, 2.75) is 6.18 Å². The second kappa shape index (κ2) is 3.69. The van der Waals surface area contributed by atoms with Crippen molar-refractivity contribution in [3.8, 4) is 0 Å². The number of hydrogen-bond acceptors (Lipinski definition) is 3. The highest BCUT2D eigenvalue weighted by molar-refractivity contribution is 5.99.